The Balaban J connectivity index is 2.17. The van der Waals surface area contributed by atoms with Gasteiger partial charge in [0.1, 0.15) is 0 Å². The highest BCUT2D eigenvalue weighted by Gasteiger charge is 2.18. The molecular formula is C16H14ClNO3. The number of carbonyl (C=O) groups excluding carboxylic acids is 1. The number of carbonyl (C=O) groups is 2. The second kappa shape index (κ2) is 6.90. The molecule has 0 aliphatic rings. The maximum absolute atomic E-state index is 12.2. The zero-order valence-electron chi connectivity index (χ0n) is 11.1. The molecule has 0 heterocycles. The number of benzene rings is 2. The topological polar surface area (TPSA) is 66.4 Å². The summed E-state index contributed by atoms with van der Waals surface area (Å²) in [5.41, 5.74) is 1.19. The van der Waals surface area contributed by atoms with Gasteiger partial charge in [-0.15, -0.1) is 0 Å². The Kier molecular flexibility index (Phi) is 4.95. The molecule has 0 aliphatic carbocycles. The quantitative estimate of drug-likeness (QED) is 0.890. The summed E-state index contributed by atoms with van der Waals surface area (Å²) in [6.45, 7) is 0. The average molecular weight is 304 g/mol. The molecule has 0 fully saturated rings. The lowest BCUT2D eigenvalue weighted by Gasteiger charge is -2.17. The Morgan fingerprint density at radius 2 is 1.67 bits per heavy atom. The van der Waals surface area contributed by atoms with Gasteiger partial charge in [-0.05, 0) is 29.8 Å². The Hall–Kier alpha value is -2.33. The number of aliphatic carboxylic acids is 1. The third-order valence-corrected chi connectivity index (χ3v) is 3.24. The fourth-order valence-electron chi connectivity index (χ4n) is 1.96. The highest BCUT2D eigenvalue weighted by molar-refractivity contribution is 6.30. The number of carboxylic acid groups (broad SMARTS) is 1. The van der Waals surface area contributed by atoms with E-state index in [-0.39, 0.29) is 12.3 Å². The van der Waals surface area contributed by atoms with Gasteiger partial charge in [-0.3, -0.25) is 9.59 Å². The van der Waals surface area contributed by atoms with Crippen LogP contribution in [0, 0.1) is 0 Å². The normalized spacial score (nSPS) is 11.7. The molecule has 0 unspecified atom stereocenters. The monoisotopic (exact) mass is 303 g/mol. The summed E-state index contributed by atoms with van der Waals surface area (Å²) in [4.78, 5) is 23.2. The molecule has 0 aromatic heterocycles. The molecule has 4 nitrogen and oxygen atoms in total. The minimum Gasteiger partial charge on any atom is -0.481 e. The molecule has 2 aromatic carbocycles. The molecule has 21 heavy (non-hydrogen) atoms. The number of halogens is 1. The van der Waals surface area contributed by atoms with Gasteiger partial charge in [0.05, 0.1) is 12.5 Å². The van der Waals surface area contributed by atoms with Crippen LogP contribution in [0.4, 0.5) is 0 Å². The number of carboxylic acids is 1. The second-order valence-corrected chi connectivity index (χ2v) is 4.98. The van der Waals surface area contributed by atoms with E-state index in [1.165, 1.54) is 0 Å². The predicted molar refractivity (Wildman–Crippen MR) is 80.4 cm³/mol. The van der Waals surface area contributed by atoms with Crippen molar-refractivity contribution in [3.8, 4) is 0 Å². The van der Waals surface area contributed by atoms with Crippen LogP contribution < -0.4 is 5.32 Å². The van der Waals surface area contributed by atoms with Crippen molar-refractivity contribution in [3.63, 3.8) is 0 Å². The van der Waals surface area contributed by atoms with E-state index in [9.17, 15) is 9.59 Å². The fraction of sp³-hybridized carbons (Fsp3) is 0.125. The van der Waals surface area contributed by atoms with Crippen LogP contribution in [0.2, 0.25) is 5.02 Å². The summed E-state index contributed by atoms with van der Waals surface area (Å²) in [6, 6.07) is 14.9. The van der Waals surface area contributed by atoms with E-state index in [0.29, 0.717) is 10.6 Å². The van der Waals surface area contributed by atoms with Crippen molar-refractivity contribution in [1.82, 2.24) is 5.32 Å². The molecule has 2 rings (SSSR count). The van der Waals surface area contributed by atoms with Crippen molar-refractivity contribution in [2.24, 2.45) is 0 Å². The predicted octanol–water partition coefficient (Wildman–Crippen LogP) is 3.29. The zero-order chi connectivity index (χ0) is 15.2. The minimum atomic E-state index is -0.972. The fourth-order valence-corrected chi connectivity index (χ4v) is 2.08. The van der Waals surface area contributed by atoms with Crippen LogP contribution in [0.25, 0.3) is 0 Å². The summed E-state index contributed by atoms with van der Waals surface area (Å²) >= 11 is 5.78. The molecule has 1 atom stereocenters. The molecule has 0 saturated heterocycles. The van der Waals surface area contributed by atoms with Crippen LogP contribution in [0.15, 0.2) is 54.6 Å². The van der Waals surface area contributed by atoms with Crippen molar-refractivity contribution in [2.45, 2.75) is 12.5 Å². The van der Waals surface area contributed by atoms with Crippen molar-refractivity contribution in [1.29, 1.82) is 0 Å². The second-order valence-electron chi connectivity index (χ2n) is 4.54. The molecule has 1 amide bonds. The van der Waals surface area contributed by atoms with Gasteiger partial charge < -0.3 is 10.4 Å². The number of nitrogens with one attached hydrogen (secondary N) is 1. The van der Waals surface area contributed by atoms with E-state index in [0.717, 1.165) is 5.56 Å². The molecule has 108 valence electrons. The first-order valence-corrected chi connectivity index (χ1v) is 6.77. The molecular weight excluding hydrogens is 290 g/mol. The van der Waals surface area contributed by atoms with Gasteiger partial charge >= 0.3 is 5.97 Å². The van der Waals surface area contributed by atoms with Gasteiger partial charge in [0, 0.05) is 10.6 Å². The van der Waals surface area contributed by atoms with E-state index in [1.807, 2.05) is 6.07 Å². The third kappa shape index (κ3) is 4.33. The van der Waals surface area contributed by atoms with E-state index < -0.39 is 12.0 Å². The first-order chi connectivity index (χ1) is 10.1. The van der Waals surface area contributed by atoms with E-state index >= 15 is 0 Å². The SMILES string of the molecule is O=C(O)C[C@H](NC(=O)c1ccc(Cl)cc1)c1ccccc1. The minimum absolute atomic E-state index is 0.177. The van der Waals surface area contributed by atoms with Crippen LogP contribution in [0.5, 0.6) is 0 Å². The summed E-state index contributed by atoms with van der Waals surface area (Å²) in [5.74, 6) is -1.30. The van der Waals surface area contributed by atoms with Crippen molar-refractivity contribution >= 4 is 23.5 Å². The lowest BCUT2D eigenvalue weighted by atomic mass is 10.0. The maximum Gasteiger partial charge on any atom is 0.305 e. The molecule has 2 N–H and O–H groups in total. The third-order valence-electron chi connectivity index (χ3n) is 2.99. The smallest absolute Gasteiger partial charge is 0.305 e. The standard InChI is InChI=1S/C16H14ClNO3/c17-13-8-6-12(7-9-13)16(21)18-14(10-15(19)20)11-4-2-1-3-5-11/h1-9,14H,10H2,(H,18,21)(H,19,20)/t14-/m0/s1. The summed E-state index contributed by atoms with van der Waals surface area (Å²) in [7, 11) is 0. The Morgan fingerprint density at radius 3 is 2.24 bits per heavy atom. The molecule has 0 saturated carbocycles. The van der Waals surface area contributed by atoms with Gasteiger partial charge in [0.2, 0.25) is 0 Å². The highest BCUT2D eigenvalue weighted by Crippen LogP contribution is 2.18. The van der Waals surface area contributed by atoms with E-state index in [2.05, 4.69) is 5.32 Å². The van der Waals surface area contributed by atoms with Crippen molar-refractivity contribution in [3.05, 3.63) is 70.7 Å². The van der Waals surface area contributed by atoms with Crippen LogP contribution in [0.3, 0.4) is 0 Å². The Labute approximate surface area is 127 Å². The lowest BCUT2D eigenvalue weighted by Crippen LogP contribution is -2.30. The Morgan fingerprint density at radius 1 is 1.05 bits per heavy atom. The van der Waals surface area contributed by atoms with Gasteiger partial charge in [0.25, 0.3) is 5.91 Å². The van der Waals surface area contributed by atoms with E-state index in [1.54, 1.807) is 48.5 Å². The number of hydrogen-bond acceptors (Lipinski definition) is 2. The number of hydrogen-bond donors (Lipinski definition) is 2. The first kappa shape index (κ1) is 15.1. The average Bonchev–Trinajstić information content (AvgIpc) is 2.47. The maximum atomic E-state index is 12.2. The summed E-state index contributed by atoms with van der Waals surface area (Å²) < 4.78 is 0. The molecule has 2 aromatic rings. The molecule has 0 spiro atoms. The molecule has 0 radical (unpaired) electrons. The molecule has 5 heteroatoms. The summed E-state index contributed by atoms with van der Waals surface area (Å²) in [5, 5.41) is 12.3. The first-order valence-electron chi connectivity index (χ1n) is 6.39. The van der Waals surface area contributed by atoms with Crippen LogP contribution >= 0.6 is 11.6 Å². The van der Waals surface area contributed by atoms with Gasteiger partial charge in [-0.25, -0.2) is 0 Å². The summed E-state index contributed by atoms with van der Waals surface area (Å²) in [6.07, 6.45) is -0.177. The van der Waals surface area contributed by atoms with Gasteiger partial charge in [-0.2, -0.15) is 0 Å². The highest BCUT2D eigenvalue weighted by atomic mass is 35.5. The number of amides is 1. The largest absolute Gasteiger partial charge is 0.481 e. The zero-order valence-corrected chi connectivity index (χ0v) is 11.9. The van der Waals surface area contributed by atoms with Gasteiger partial charge in [0.15, 0.2) is 0 Å². The lowest BCUT2D eigenvalue weighted by molar-refractivity contribution is -0.137. The van der Waals surface area contributed by atoms with Gasteiger partial charge in [-0.1, -0.05) is 41.9 Å². The van der Waals surface area contributed by atoms with Crippen LogP contribution in [-0.4, -0.2) is 17.0 Å². The molecule has 0 bridgehead atoms. The van der Waals surface area contributed by atoms with Crippen LogP contribution in [-0.2, 0) is 4.79 Å². The van der Waals surface area contributed by atoms with Crippen molar-refractivity contribution < 1.29 is 14.7 Å². The van der Waals surface area contributed by atoms with E-state index in [4.69, 9.17) is 16.7 Å². The van der Waals surface area contributed by atoms with Crippen molar-refractivity contribution in [2.75, 3.05) is 0 Å². The molecule has 0 aliphatic heterocycles. The Bertz CT molecular complexity index is 626. The van der Waals surface area contributed by atoms with Crippen LogP contribution in [0.1, 0.15) is 28.4 Å². The number of rotatable bonds is 5.